The van der Waals surface area contributed by atoms with Crippen molar-refractivity contribution in [1.82, 2.24) is 20.2 Å². The van der Waals surface area contributed by atoms with E-state index in [1.54, 1.807) is 42.7 Å². The van der Waals surface area contributed by atoms with Gasteiger partial charge in [0.05, 0.1) is 18.1 Å². The maximum atomic E-state index is 13.6. The van der Waals surface area contributed by atoms with E-state index in [-0.39, 0.29) is 13.1 Å². The molecule has 9 nitrogen and oxygen atoms in total. The molecule has 1 aliphatic rings. The normalized spacial score (nSPS) is 22.2. The van der Waals surface area contributed by atoms with Crippen LogP contribution in [0.5, 0.6) is 0 Å². The van der Waals surface area contributed by atoms with Gasteiger partial charge in [0.25, 0.3) is 0 Å². The van der Waals surface area contributed by atoms with E-state index in [0.717, 1.165) is 11.1 Å². The molecule has 2 aromatic rings. The number of carbonyl (C=O) groups excluding carboxylic acids is 1. The minimum atomic E-state index is -1.30. The second-order valence-electron chi connectivity index (χ2n) is 6.66. The van der Waals surface area contributed by atoms with Crippen molar-refractivity contribution in [2.45, 2.75) is 18.5 Å². The van der Waals surface area contributed by atoms with Gasteiger partial charge in [0, 0.05) is 42.8 Å². The van der Waals surface area contributed by atoms with Gasteiger partial charge >= 0.3 is 0 Å². The lowest BCUT2D eigenvalue weighted by atomic mass is 9.98. The molecule has 1 aliphatic heterocycles. The van der Waals surface area contributed by atoms with E-state index in [1.807, 2.05) is 6.07 Å². The minimum Gasteiger partial charge on any atom is -0.324 e. The molecule has 3 heterocycles. The third kappa shape index (κ3) is 4.35. The highest BCUT2D eigenvalue weighted by Gasteiger charge is 2.40. The average molecular weight is 387 g/mol. The molecule has 4 atom stereocenters. The number of amides is 1. The van der Waals surface area contributed by atoms with Gasteiger partial charge in [-0.05, 0) is 19.2 Å². The van der Waals surface area contributed by atoms with Crippen LogP contribution >= 0.6 is 0 Å². The van der Waals surface area contributed by atoms with Gasteiger partial charge in [-0.15, -0.1) is 4.91 Å². The zero-order valence-electron chi connectivity index (χ0n) is 15.3. The number of carbonyl (C=O) groups is 1. The van der Waals surface area contributed by atoms with Gasteiger partial charge in [-0.3, -0.25) is 25.0 Å². The summed E-state index contributed by atoms with van der Waals surface area (Å²) in [5.74, 6) is -1.52. The van der Waals surface area contributed by atoms with Crippen LogP contribution in [0.1, 0.15) is 0 Å². The molecule has 0 spiro atoms. The van der Waals surface area contributed by atoms with Crippen LogP contribution in [0.3, 0.4) is 0 Å². The number of aromatic nitrogens is 2. The largest absolute Gasteiger partial charge is 0.324 e. The fraction of sp³-hybridized carbons (Fsp3) is 0.389. The molecule has 1 amide bonds. The summed E-state index contributed by atoms with van der Waals surface area (Å²) >= 11 is 0. The van der Waals surface area contributed by atoms with Gasteiger partial charge in [-0.25, -0.2) is 4.39 Å². The number of alkyl halides is 1. The maximum Gasteiger partial charge on any atom is 0.234 e. The molecule has 4 N–H and O–H groups in total. The molecule has 2 aromatic heterocycles. The van der Waals surface area contributed by atoms with Gasteiger partial charge in [0.2, 0.25) is 5.91 Å². The zero-order chi connectivity index (χ0) is 20.1. The fourth-order valence-corrected chi connectivity index (χ4v) is 3.33. The molecule has 1 saturated heterocycles. The molecular weight excluding hydrogens is 365 g/mol. The van der Waals surface area contributed by atoms with E-state index >= 15 is 0 Å². The Morgan fingerprint density at radius 1 is 1.39 bits per heavy atom. The summed E-state index contributed by atoms with van der Waals surface area (Å²) < 4.78 is 13.6. The third-order valence-electron chi connectivity index (χ3n) is 4.69. The molecule has 0 aliphatic carbocycles. The smallest absolute Gasteiger partial charge is 0.234 e. The molecular formula is C18H22FN7O2. The standard InChI is InChI=1S/C18H22FN7O2/c1-26-10-12(19)8-23-17(26)15(16(20)25-28)18(27)24-14-9-22-6-4-13(14)11-3-2-5-21-7-11/h2-7,9,12,15-17,23H,8,10,20H2,1H3,(H,24,27). The number of pyridine rings is 2. The molecule has 3 rings (SSSR count). The highest BCUT2D eigenvalue weighted by Crippen LogP contribution is 2.27. The van der Waals surface area contributed by atoms with E-state index in [1.165, 1.54) is 6.20 Å². The van der Waals surface area contributed by atoms with E-state index in [0.29, 0.717) is 5.69 Å². The van der Waals surface area contributed by atoms with Crippen molar-refractivity contribution >= 4 is 11.6 Å². The minimum absolute atomic E-state index is 0.0676. The second kappa shape index (κ2) is 8.91. The molecule has 28 heavy (non-hydrogen) atoms. The predicted octanol–water partition coefficient (Wildman–Crippen LogP) is 0.949. The Hall–Kier alpha value is -2.82. The van der Waals surface area contributed by atoms with Gasteiger partial charge in [0.15, 0.2) is 6.17 Å². The lowest BCUT2D eigenvalue weighted by molar-refractivity contribution is -0.124. The highest BCUT2D eigenvalue weighted by atomic mass is 19.1. The van der Waals surface area contributed by atoms with Crippen molar-refractivity contribution in [2.75, 3.05) is 25.5 Å². The van der Waals surface area contributed by atoms with Crippen molar-refractivity contribution in [2.24, 2.45) is 16.8 Å². The summed E-state index contributed by atoms with van der Waals surface area (Å²) in [6.07, 6.45) is 3.43. The van der Waals surface area contributed by atoms with Crippen LogP contribution in [0.4, 0.5) is 10.1 Å². The van der Waals surface area contributed by atoms with Crippen LogP contribution in [-0.4, -0.2) is 59.4 Å². The first kappa shape index (κ1) is 19.9. The van der Waals surface area contributed by atoms with E-state index in [9.17, 15) is 14.1 Å². The highest BCUT2D eigenvalue weighted by molar-refractivity contribution is 5.97. The van der Waals surface area contributed by atoms with Crippen molar-refractivity contribution in [3.8, 4) is 11.1 Å². The Bertz CT molecular complexity index is 823. The van der Waals surface area contributed by atoms with Gasteiger partial charge < -0.3 is 11.1 Å². The number of nitrogens with zero attached hydrogens (tertiary/aromatic N) is 4. The Kier molecular flexibility index (Phi) is 6.34. The SMILES string of the molecule is CN1CC(F)CNC1C(C(=O)Nc1cnccc1-c1cccnc1)C(N)N=O. The summed E-state index contributed by atoms with van der Waals surface area (Å²) in [7, 11) is 1.66. The van der Waals surface area contributed by atoms with Crippen LogP contribution in [0.2, 0.25) is 0 Å². The van der Waals surface area contributed by atoms with Crippen molar-refractivity contribution in [3.63, 3.8) is 0 Å². The Balaban J connectivity index is 1.86. The number of hydrogen-bond acceptors (Lipinski definition) is 8. The quantitative estimate of drug-likeness (QED) is 0.630. The molecule has 0 bridgehead atoms. The number of nitrogens with one attached hydrogen (secondary N) is 2. The number of nitrogens with two attached hydrogens (primary N) is 1. The topological polar surface area (TPSA) is 126 Å². The fourth-order valence-electron chi connectivity index (χ4n) is 3.33. The van der Waals surface area contributed by atoms with Crippen molar-refractivity contribution < 1.29 is 9.18 Å². The second-order valence-corrected chi connectivity index (χ2v) is 6.66. The van der Waals surface area contributed by atoms with E-state index in [4.69, 9.17) is 5.73 Å². The number of halogens is 1. The van der Waals surface area contributed by atoms with Crippen LogP contribution in [0.15, 0.2) is 48.2 Å². The summed E-state index contributed by atoms with van der Waals surface area (Å²) in [6, 6.07) is 5.38. The Morgan fingerprint density at radius 2 is 2.18 bits per heavy atom. The number of hydrogen-bond donors (Lipinski definition) is 3. The van der Waals surface area contributed by atoms with Crippen LogP contribution < -0.4 is 16.4 Å². The molecule has 0 saturated carbocycles. The van der Waals surface area contributed by atoms with Crippen molar-refractivity contribution in [1.29, 1.82) is 0 Å². The molecule has 4 unspecified atom stereocenters. The monoisotopic (exact) mass is 387 g/mol. The van der Waals surface area contributed by atoms with Crippen LogP contribution in [-0.2, 0) is 4.79 Å². The Morgan fingerprint density at radius 3 is 2.86 bits per heavy atom. The Labute approximate surface area is 161 Å². The third-order valence-corrected chi connectivity index (χ3v) is 4.69. The number of anilines is 1. The number of nitroso groups, excluding NO2 is 1. The van der Waals surface area contributed by atoms with Crippen molar-refractivity contribution in [3.05, 3.63) is 47.9 Å². The van der Waals surface area contributed by atoms with Crippen LogP contribution in [0, 0.1) is 10.8 Å². The molecule has 148 valence electrons. The summed E-state index contributed by atoms with van der Waals surface area (Å²) in [6.45, 7) is 0.193. The van der Waals surface area contributed by atoms with Gasteiger partial charge in [0.1, 0.15) is 12.1 Å². The number of rotatable bonds is 6. The molecule has 1 fully saturated rings. The lowest BCUT2D eigenvalue weighted by Crippen LogP contribution is -2.62. The first-order valence-electron chi connectivity index (χ1n) is 8.82. The lowest BCUT2D eigenvalue weighted by Gasteiger charge is -2.39. The van der Waals surface area contributed by atoms with E-state index in [2.05, 4.69) is 25.8 Å². The molecule has 10 heteroatoms. The van der Waals surface area contributed by atoms with Crippen LogP contribution in [0.25, 0.3) is 11.1 Å². The van der Waals surface area contributed by atoms with Gasteiger partial charge in [-0.2, -0.15) is 0 Å². The van der Waals surface area contributed by atoms with E-state index < -0.39 is 30.3 Å². The first-order valence-corrected chi connectivity index (χ1v) is 8.82. The van der Waals surface area contributed by atoms with Gasteiger partial charge in [-0.1, -0.05) is 11.2 Å². The first-order chi connectivity index (χ1) is 13.5. The molecule has 0 radical (unpaired) electrons. The maximum absolute atomic E-state index is 13.6. The summed E-state index contributed by atoms with van der Waals surface area (Å²) in [4.78, 5) is 33.9. The predicted molar refractivity (Wildman–Crippen MR) is 103 cm³/mol. The summed E-state index contributed by atoms with van der Waals surface area (Å²) in [5.41, 5.74) is 7.79. The average Bonchev–Trinajstić information content (AvgIpc) is 2.70. The molecule has 0 aromatic carbocycles. The summed E-state index contributed by atoms with van der Waals surface area (Å²) in [5, 5.41) is 8.56. The zero-order valence-corrected chi connectivity index (χ0v) is 15.3.